The molecule has 0 aromatic heterocycles. The van der Waals surface area contributed by atoms with Gasteiger partial charge in [-0.1, -0.05) is 30.1 Å². The highest BCUT2D eigenvalue weighted by atomic mass is 35.5. The summed E-state index contributed by atoms with van der Waals surface area (Å²) < 4.78 is 11.2. The first-order valence-corrected chi connectivity index (χ1v) is 7.79. The van der Waals surface area contributed by atoms with E-state index >= 15 is 0 Å². The van der Waals surface area contributed by atoms with E-state index in [1.807, 2.05) is 6.07 Å². The molecule has 1 aliphatic rings. The third-order valence-corrected chi connectivity index (χ3v) is 3.93. The Bertz CT molecular complexity index is 450. The molecule has 1 atom stereocenters. The fourth-order valence-electron chi connectivity index (χ4n) is 1.95. The van der Waals surface area contributed by atoms with Crippen molar-refractivity contribution >= 4 is 23.2 Å². The third kappa shape index (κ3) is 4.81. The van der Waals surface area contributed by atoms with Crippen LogP contribution in [0, 0.1) is 5.92 Å². The molecule has 0 amide bonds. The summed E-state index contributed by atoms with van der Waals surface area (Å²) >= 11 is 12.3. The molecule has 0 radical (unpaired) electrons. The lowest BCUT2D eigenvalue weighted by Gasteiger charge is -2.16. The van der Waals surface area contributed by atoms with Gasteiger partial charge in [0.05, 0.1) is 11.6 Å². The Kier molecular flexibility index (Phi) is 5.97. The Morgan fingerprint density at radius 1 is 1.35 bits per heavy atom. The quantitative estimate of drug-likeness (QED) is 0.581. The van der Waals surface area contributed by atoms with Crippen molar-refractivity contribution in [2.24, 2.45) is 11.7 Å². The molecular weight excluding hydrogens is 297 g/mol. The molecule has 1 aromatic carbocycles. The van der Waals surface area contributed by atoms with Crippen molar-refractivity contribution in [3.05, 3.63) is 27.7 Å². The Morgan fingerprint density at radius 3 is 2.75 bits per heavy atom. The van der Waals surface area contributed by atoms with Gasteiger partial charge in [0.15, 0.2) is 6.79 Å². The van der Waals surface area contributed by atoms with Crippen LogP contribution in [-0.4, -0.2) is 19.4 Å². The molecule has 20 heavy (non-hydrogen) atoms. The van der Waals surface area contributed by atoms with E-state index in [2.05, 4.69) is 6.92 Å². The first-order chi connectivity index (χ1) is 9.60. The molecule has 0 heterocycles. The van der Waals surface area contributed by atoms with Gasteiger partial charge in [-0.15, -0.1) is 0 Å². The van der Waals surface area contributed by atoms with Crippen LogP contribution in [0.5, 0.6) is 5.75 Å². The topological polar surface area (TPSA) is 44.5 Å². The monoisotopic (exact) mass is 317 g/mol. The van der Waals surface area contributed by atoms with Gasteiger partial charge in [-0.3, -0.25) is 0 Å². The Morgan fingerprint density at radius 2 is 2.10 bits per heavy atom. The standard InChI is InChI=1S/C15H21Cl2NO2/c1-2-13(18)6-11-5-12(16)7-14(17)15(11)20-9-19-8-10-3-4-10/h5,7,10,13H,2-4,6,8-9,18H2,1H3. The molecule has 0 aliphatic heterocycles. The van der Waals surface area contributed by atoms with E-state index in [0.717, 1.165) is 18.6 Å². The smallest absolute Gasteiger partial charge is 0.189 e. The SMILES string of the molecule is CCC(N)Cc1cc(Cl)cc(Cl)c1OCOCC1CC1. The molecular formula is C15H21Cl2NO2. The van der Waals surface area contributed by atoms with E-state index in [9.17, 15) is 0 Å². The average molecular weight is 318 g/mol. The molecule has 112 valence electrons. The van der Waals surface area contributed by atoms with E-state index in [1.165, 1.54) is 12.8 Å². The summed E-state index contributed by atoms with van der Waals surface area (Å²) in [6, 6.07) is 3.61. The van der Waals surface area contributed by atoms with Gasteiger partial charge in [0.25, 0.3) is 0 Å². The second-order valence-corrected chi connectivity index (χ2v) is 6.17. The summed E-state index contributed by atoms with van der Waals surface area (Å²) in [7, 11) is 0. The van der Waals surface area contributed by atoms with Crippen LogP contribution < -0.4 is 10.5 Å². The lowest BCUT2D eigenvalue weighted by molar-refractivity contribution is 0.00948. The summed E-state index contributed by atoms with van der Waals surface area (Å²) in [6.07, 6.45) is 4.10. The van der Waals surface area contributed by atoms with Crippen LogP contribution in [0.4, 0.5) is 0 Å². The van der Waals surface area contributed by atoms with E-state index in [0.29, 0.717) is 28.1 Å². The number of hydrogen-bond donors (Lipinski definition) is 1. The molecule has 1 unspecified atom stereocenters. The zero-order chi connectivity index (χ0) is 14.5. The zero-order valence-electron chi connectivity index (χ0n) is 11.7. The van der Waals surface area contributed by atoms with E-state index in [-0.39, 0.29) is 12.8 Å². The molecule has 2 N–H and O–H groups in total. The minimum Gasteiger partial charge on any atom is -0.466 e. The van der Waals surface area contributed by atoms with Crippen LogP contribution in [0.1, 0.15) is 31.7 Å². The lowest BCUT2D eigenvalue weighted by Crippen LogP contribution is -2.22. The van der Waals surface area contributed by atoms with Crippen molar-refractivity contribution in [1.82, 2.24) is 0 Å². The maximum atomic E-state index is 6.21. The third-order valence-electron chi connectivity index (χ3n) is 3.43. The van der Waals surface area contributed by atoms with Crippen LogP contribution in [0.25, 0.3) is 0 Å². The van der Waals surface area contributed by atoms with Crippen molar-refractivity contribution in [1.29, 1.82) is 0 Å². The van der Waals surface area contributed by atoms with E-state index in [4.69, 9.17) is 38.4 Å². The Balaban J connectivity index is 1.99. The number of halogens is 2. The van der Waals surface area contributed by atoms with Crippen molar-refractivity contribution in [3.63, 3.8) is 0 Å². The summed E-state index contributed by atoms with van der Waals surface area (Å²) in [5.74, 6) is 1.35. The Labute approximate surface area is 130 Å². The lowest BCUT2D eigenvalue weighted by atomic mass is 10.0. The number of nitrogens with two attached hydrogens (primary N) is 1. The van der Waals surface area contributed by atoms with Crippen molar-refractivity contribution in [2.75, 3.05) is 13.4 Å². The molecule has 5 heteroatoms. The van der Waals surface area contributed by atoms with Crippen LogP contribution >= 0.6 is 23.2 Å². The van der Waals surface area contributed by atoms with Crippen molar-refractivity contribution < 1.29 is 9.47 Å². The molecule has 0 bridgehead atoms. The predicted molar refractivity (Wildman–Crippen MR) is 82.6 cm³/mol. The maximum Gasteiger partial charge on any atom is 0.189 e. The summed E-state index contributed by atoms with van der Waals surface area (Å²) in [5, 5.41) is 1.10. The highest BCUT2D eigenvalue weighted by molar-refractivity contribution is 6.35. The molecule has 1 fully saturated rings. The normalized spacial score (nSPS) is 16.2. The molecule has 1 aromatic rings. The number of benzene rings is 1. The molecule has 0 saturated heterocycles. The summed E-state index contributed by atoms with van der Waals surface area (Å²) in [4.78, 5) is 0. The summed E-state index contributed by atoms with van der Waals surface area (Å²) in [5.41, 5.74) is 6.94. The number of hydrogen-bond acceptors (Lipinski definition) is 3. The highest BCUT2D eigenvalue weighted by Crippen LogP contribution is 2.34. The van der Waals surface area contributed by atoms with Crippen molar-refractivity contribution in [3.8, 4) is 5.75 Å². The predicted octanol–water partition coefficient (Wildman–Crippen LogP) is 4.04. The van der Waals surface area contributed by atoms with Gasteiger partial charge in [0, 0.05) is 11.1 Å². The van der Waals surface area contributed by atoms with Gasteiger partial charge in [0.2, 0.25) is 0 Å². The van der Waals surface area contributed by atoms with Gasteiger partial charge >= 0.3 is 0 Å². The van der Waals surface area contributed by atoms with Gasteiger partial charge < -0.3 is 15.2 Å². The molecule has 2 rings (SSSR count). The van der Waals surface area contributed by atoms with Crippen LogP contribution in [0.15, 0.2) is 12.1 Å². The van der Waals surface area contributed by atoms with Crippen LogP contribution in [0.3, 0.4) is 0 Å². The van der Waals surface area contributed by atoms with Gasteiger partial charge in [-0.2, -0.15) is 0 Å². The number of rotatable bonds is 8. The number of ether oxygens (including phenoxy) is 2. The Hall–Kier alpha value is -0.480. The van der Waals surface area contributed by atoms with Gasteiger partial charge in [0.1, 0.15) is 5.75 Å². The fourth-order valence-corrected chi connectivity index (χ4v) is 2.54. The van der Waals surface area contributed by atoms with Gasteiger partial charge in [-0.25, -0.2) is 0 Å². The average Bonchev–Trinajstić information content (AvgIpc) is 3.20. The van der Waals surface area contributed by atoms with Gasteiger partial charge in [-0.05, 0) is 49.3 Å². The van der Waals surface area contributed by atoms with Crippen LogP contribution in [0.2, 0.25) is 10.0 Å². The first-order valence-electron chi connectivity index (χ1n) is 7.04. The minimum absolute atomic E-state index is 0.0688. The molecule has 1 aliphatic carbocycles. The minimum atomic E-state index is 0.0688. The second kappa shape index (κ2) is 7.51. The first kappa shape index (κ1) is 15.9. The van der Waals surface area contributed by atoms with E-state index < -0.39 is 0 Å². The molecule has 1 saturated carbocycles. The molecule has 3 nitrogen and oxygen atoms in total. The van der Waals surface area contributed by atoms with E-state index in [1.54, 1.807) is 6.07 Å². The summed E-state index contributed by atoms with van der Waals surface area (Å²) in [6.45, 7) is 3.03. The molecule has 0 spiro atoms. The van der Waals surface area contributed by atoms with Crippen molar-refractivity contribution in [2.45, 2.75) is 38.6 Å². The second-order valence-electron chi connectivity index (χ2n) is 5.32. The highest BCUT2D eigenvalue weighted by Gasteiger charge is 2.21. The fraction of sp³-hybridized carbons (Fsp3) is 0.600. The maximum absolute atomic E-state index is 6.21. The van der Waals surface area contributed by atoms with Crippen LogP contribution in [-0.2, 0) is 11.2 Å². The zero-order valence-corrected chi connectivity index (χ0v) is 13.2. The largest absolute Gasteiger partial charge is 0.466 e.